The van der Waals surface area contributed by atoms with E-state index in [0.717, 1.165) is 23.7 Å². The summed E-state index contributed by atoms with van der Waals surface area (Å²) < 4.78 is 0. The molecule has 0 bridgehead atoms. The van der Waals surface area contributed by atoms with Crippen LogP contribution in [0.3, 0.4) is 0 Å². The summed E-state index contributed by atoms with van der Waals surface area (Å²) >= 11 is 8.22. The van der Waals surface area contributed by atoms with Gasteiger partial charge in [-0.2, -0.15) is 0 Å². The number of likely N-dealkylation sites (N-methyl/N-ethyl adjacent to an activating group) is 1. The molecule has 0 aliphatic carbocycles. The molecular formula is C17H20ClNS. The number of hydrogen-bond donors (Lipinski definition) is 1. The van der Waals surface area contributed by atoms with Crippen molar-refractivity contribution in [3.05, 3.63) is 65.2 Å². The fourth-order valence-electron chi connectivity index (χ4n) is 2.26. The zero-order valence-electron chi connectivity index (χ0n) is 11.7. The summed E-state index contributed by atoms with van der Waals surface area (Å²) in [6, 6.07) is 18.7. The standard InChI is InChI=1S/C17H20ClNS/c1-19-13-14(16-9-5-6-10-17(16)18)11-12-20-15-7-3-2-4-8-15/h2-10,14,19H,11-13H2,1H3. The van der Waals surface area contributed by atoms with Crippen LogP contribution in [0.15, 0.2) is 59.5 Å². The van der Waals surface area contributed by atoms with E-state index in [2.05, 4.69) is 47.8 Å². The molecule has 106 valence electrons. The number of nitrogens with one attached hydrogen (secondary N) is 1. The van der Waals surface area contributed by atoms with Gasteiger partial charge in [-0.25, -0.2) is 0 Å². The molecule has 0 heterocycles. The van der Waals surface area contributed by atoms with Gasteiger partial charge < -0.3 is 5.32 Å². The molecule has 0 amide bonds. The van der Waals surface area contributed by atoms with Gasteiger partial charge in [0, 0.05) is 16.5 Å². The lowest BCUT2D eigenvalue weighted by Crippen LogP contribution is -2.18. The van der Waals surface area contributed by atoms with Crippen molar-refractivity contribution in [2.45, 2.75) is 17.2 Å². The molecule has 0 spiro atoms. The van der Waals surface area contributed by atoms with Crippen molar-refractivity contribution in [2.24, 2.45) is 0 Å². The smallest absolute Gasteiger partial charge is 0.0441 e. The van der Waals surface area contributed by atoms with E-state index in [9.17, 15) is 0 Å². The molecule has 0 fully saturated rings. The molecule has 2 aromatic rings. The van der Waals surface area contributed by atoms with Gasteiger partial charge in [0.1, 0.15) is 0 Å². The van der Waals surface area contributed by atoms with Gasteiger partial charge in [0.15, 0.2) is 0 Å². The van der Waals surface area contributed by atoms with Gasteiger partial charge in [-0.3, -0.25) is 0 Å². The van der Waals surface area contributed by atoms with Gasteiger partial charge in [0.2, 0.25) is 0 Å². The highest BCUT2D eigenvalue weighted by atomic mass is 35.5. The molecule has 1 atom stereocenters. The van der Waals surface area contributed by atoms with Crippen LogP contribution < -0.4 is 5.32 Å². The van der Waals surface area contributed by atoms with Crippen molar-refractivity contribution in [3.8, 4) is 0 Å². The Balaban J connectivity index is 1.95. The molecule has 0 aliphatic rings. The van der Waals surface area contributed by atoms with Crippen molar-refractivity contribution >= 4 is 23.4 Å². The van der Waals surface area contributed by atoms with Crippen LogP contribution >= 0.6 is 23.4 Å². The first-order chi connectivity index (χ1) is 9.81. The van der Waals surface area contributed by atoms with Crippen LogP contribution in [0.5, 0.6) is 0 Å². The zero-order valence-corrected chi connectivity index (χ0v) is 13.3. The Hall–Kier alpha value is -0.960. The average molecular weight is 306 g/mol. The first-order valence-electron chi connectivity index (χ1n) is 6.88. The maximum absolute atomic E-state index is 6.32. The highest BCUT2D eigenvalue weighted by Crippen LogP contribution is 2.29. The third-order valence-electron chi connectivity index (χ3n) is 3.27. The second kappa shape index (κ2) is 8.35. The van der Waals surface area contributed by atoms with Gasteiger partial charge in [0.25, 0.3) is 0 Å². The van der Waals surface area contributed by atoms with Crippen LogP contribution in [0, 0.1) is 0 Å². The third-order valence-corrected chi connectivity index (χ3v) is 4.66. The lowest BCUT2D eigenvalue weighted by molar-refractivity contribution is 0.616. The molecule has 0 radical (unpaired) electrons. The van der Waals surface area contributed by atoms with Crippen molar-refractivity contribution in [2.75, 3.05) is 19.3 Å². The number of rotatable bonds is 7. The zero-order chi connectivity index (χ0) is 14.2. The van der Waals surface area contributed by atoms with Gasteiger partial charge >= 0.3 is 0 Å². The summed E-state index contributed by atoms with van der Waals surface area (Å²) in [6.07, 6.45) is 1.12. The molecule has 1 nitrogen and oxygen atoms in total. The Labute approximate surface area is 130 Å². The first-order valence-corrected chi connectivity index (χ1v) is 8.24. The lowest BCUT2D eigenvalue weighted by atomic mass is 9.96. The normalized spacial score (nSPS) is 12.3. The maximum Gasteiger partial charge on any atom is 0.0441 e. The van der Waals surface area contributed by atoms with Crippen molar-refractivity contribution in [3.63, 3.8) is 0 Å². The fraction of sp³-hybridized carbons (Fsp3) is 0.294. The Morgan fingerprint density at radius 3 is 2.45 bits per heavy atom. The van der Waals surface area contributed by atoms with Crippen LogP contribution in [-0.2, 0) is 0 Å². The molecule has 0 saturated carbocycles. The Morgan fingerprint density at radius 1 is 1.05 bits per heavy atom. The molecule has 0 saturated heterocycles. The third kappa shape index (κ3) is 4.55. The molecule has 2 aromatic carbocycles. The molecule has 20 heavy (non-hydrogen) atoms. The second-order valence-corrected chi connectivity index (χ2v) is 6.30. The van der Waals surface area contributed by atoms with Gasteiger partial charge in [-0.15, -0.1) is 11.8 Å². The molecule has 1 unspecified atom stereocenters. The minimum Gasteiger partial charge on any atom is -0.319 e. The van der Waals surface area contributed by atoms with E-state index in [1.807, 2.05) is 30.9 Å². The molecule has 0 aromatic heterocycles. The predicted octanol–water partition coefficient (Wildman–Crippen LogP) is 4.83. The summed E-state index contributed by atoms with van der Waals surface area (Å²) in [7, 11) is 1.99. The number of thioether (sulfide) groups is 1. The molecule has 2 rings (SSSR count). The van der Waals surface area contributed by atoms with Crippen LogP contribution in [0.1, 0.15) is 17.9 Å². The van der Waals surface area contributed by atoms with Crippen molar-refractivity contribution in [1.29, 1.82) is 0 Å². The molecule has 1 N–H and O–H groups in total. The minimum absolute atomic E-state index is 0.463. The minimum atomic E-state index is 0.463. The second-order valence-electron chi connectivity index (χ2n) is 4.73. The van der Waals surface area contributed by atoms with Crippen LogP contribution in [0.4, 0.5) is 0 Å². The SMILES string of the molecule is CNCC(CCSc1ccccc1)c1ccccc1Cl. The van der Waals surface area contributed by atoms with E-state index in [4.69, 9.17) is 11.6 Å². The average Bonchev–Trinajstić information content (AvgIpc) is 2.48. The topological polar surface area (TPSA) is 12.0 Å². The number of benzene rings is 2. The highest BCUT2D eigenvalue weighted by molar-refractivity contribution is 7.99. The monoisotopic (exact) mass is 305 g/mol. The van der Waals surface area contributed by atoms with Crippen molar-refractivity contribution < 1.29 is 0 Å². The first kappa shape index (κ1) is 15.4. The Bertz CT molecular complexity index is 515. The van der Waals surface area contributed by atoms with E-state index in [1.54, 1.807) is 0 Å². The largest absolute Gasteiger partial charge is 0.319 e. The summed E-state index contributed by atoms with van der Waals surface area (Å²) in [4.78, 5) is 1.33. The highest BCUT2D eigenvalue weighted by Gasteiger charge is 2.13. The lowest BCUT2D eigenvalue weighted by Gasteiger charge is -2.18. The van der Waals surface area contributed by atoms with E-state index in [1.165, 1.54) is 10.5 Å². The van der Waals surface area contributed by atoms with E-state index < -0.39 is 0 Å². The maximum atomic E-state index is 6.32. The van der Waals surface area contributed by atoms with E-state index in [-0.39, 0.29) is 0 Å². The quantitative estimate of drug-likeness (QED) is 0.736. The van der Waals surface area contributed by atoms with Gasteiger partial charge in [-0.05, 0) is 48.9 Å². The summed E-state index contributed by atoms with van der Waals surface area (Å²) in [6.45, 7) is 0.957. The van der Waals surface area contributed by atoms with Crippen LogP contribution in [0.25, 0.3) is 0 Å². The van der Waals surface area contributed by atoms with Crippen molar-refractivity contribution in [1.82, 2.24) is 5.32 Å². The summed E-state index contributed by atoms with van der Waals surface area (Å²) in [5.41, 5.74) is 1.25. The predicted molar refractivity (Wildman–Crippen MR) is 89.9 cm³/mol. The Morgan fingerprint density at radius 2 is 1.75 bits per heavy atom. The van der Waals surface area contributed by atoms with Crippen LogP contribution in [0.2, 0.25) is 5.02 Å². The fourth-order valence-corrected chi connectivity index (χ4v) is 3.53. The molecule has 0 aliphatic heterocycles. The Kier molecular flexibility index (Phi) is 6.44. The summed E-state index contributed by atoms with van der Waals surface area (Å²) in [5, 5.41) is 4.15. The number of halogens is 1. The van der Waals surface area contributed by atoms with Crippen LogP contribution in [-0.4, -0.2) is 19.3 Å². The van der Waals surface area contributed by atoms with Gasteiger partial charge in [-0.1, -0.05) is 48.0 Å². The summed E-state index contributed by atoms with van der Waals surface area (Å²) in [5.74, 6) is 1.56. The van der Waals surface area contributed by atoms with E-state index >= 15 is 0 Å². The number of hydrogen-bond acceptors (Lipinski definition) is 2. The molecular weight excluding hydrogens is 286 g/mol. The molecule has 3 heteroatoms. The van der Waals surface area contributed by atoms with Gasteiger partial charge in [0.05, 0.1) is 0 Å². The van der Waals surface area contributed by atoms with E-state index in [0.29, 0.717) is 5.92 Å².